The van der Waals surface area contributed by atoms with E-state index in [1.165, 1.54) is 0 Å². The van der Waals surface area contributed by atoms with Crippen LogP contribution >= 0.6 is 0 Å². The van der Waals surface area contributed by atoms with Gasteiger partial charge in [0.1, 0.15) is 0 Å². The summed E-state index contributed by atoms with van der Waals surface area (Å²) in [7, 11) is 0. The molecule has 2 aromatic carbocycles. The molecule has 0 N–H and O–H groups in total. The molecule has 2 heterocycles. The molecule has 0 unspecified atom stereocenters. The number of ether oxygens (including phenoxy) is 1. The van der Waals surface area contributed by atoms with Gasteiger partial charge in [0.15, 0.2) is 6.61 Å². The Balaban J connectivity index is 1.35. The van der Waals surface area contributed by atoms with E-state index in [-0.39, 0.29) is 31.4 Å². The molecule has 0 radical (unpaired) electrons. The smallest absolute Gasteiger partial charge is 0.311 e. The maximum atomic E-state index is 12.6. The third-order valence-electron chi connectivity index (χ3n) is 5.55. The zero-order valence-electron chi connectivity index (χ0n) is 16.5. The molecule has 1 saturated heterocycles. The van der Waals surface area contributed by atoms with Crippen molar-refractivity contribution >= 4 is 29.2 Å². The van der Waals surface area contributed by atoms with E-state index >= 15 is 0 Å². The van der Waals surface area contributed by atoms with Gasteiger partial charge in [-0.2, -0.15) is 0 Å². The summed E-state index contributed by atoms with van der Waals surface area (Å²) in [6, 6.07) is 15.4. The Morgan fingerprint density at radius 1 is 1.10 bits per heavy atom. The summed E-state index contributed by atoms with van der Waals surface area (Å²) in [5.74, 6) is -1.38. The molecule has 0 aliphatic carbocycles. The van der Waals surface area contributed by atoms with Crippen LogP contribution in [0.5, 0.6) is 0 Å². The van der Waals surface area contributed by atoms with E-state index < -0.39 is 11.9 Å². The zero-order chi connectivity index (χ0) is 20.4. The first kappa shape index (κ1) is 19.2. The minimum absolute atomic E-state index is 0.105. The molecule has 4 rings (SSSR count). The van der Waals surface area contributed by atoms with E-state index in [4.69, 9.17) is 4.74 Å². The lowest BCUT2D eigenvalue weighted by Crippen LogP contribution is -2.39. The fraction of sp³-hybridized carbons (Fsp3) is 0.348. The van der Waals surface area contributed by atoms with Gasteiger partial charge >= 0.3 is 5.97 Å². The third-order valence-corrected chi connectivity index (χ3v) is 5.55. The number of rotatable bonds is 4. The monoisotopic (exact) mass is 392 g/mol. The summed E-state index contributed by atoms with van der Waals surface area (Å²) in [6.45, 7) is 2.58. The highest BCUT2D eigenvalue weighted by Crippen LogP contribution is 2.28. The lowest BCUT2D eigenvalue weighted by atomic mass is 10.0. The van der Waals surface area contributed by atoms with Crippen molar-refractivity contribution in [3.8, 4) is 0 Å². The van der Waals surface area contributed by atoms with Crippen LogP contribution < -0.4 is 9.80 Å². The van der Waals surface area contributed by atoms with Crippen molar-refractivity contribution in [3.63, 3.8) is 0 Å². The van der Waals surface area contributed by atoms with Crippen molar-refractivity contribution in [2.75, 3.05) is 29.5 Å². The second-order valence-corrected chi connectivity index (χ2v) is 7.63. The molecule has 0 aromatic heterocycles. The lowest BCUT2D eigenvalue weighted by molar-refractivity contribution is -0.151. The highest BCUT2D eigenvalue weighted by Gasteiger charge is 2.36. The molecule has 0 bridgehead atoms. The van der Waals surface area contributed by atoms with Crippen LogP contribution in [0.3, 0.4) is 0 Å². The summed E-state index contributed by atoms with van der Waals surface area (Å²) in [5.41, 5.74) is 3.90. The minimum Gasteiger partial charge on any atom is -0.455 e. The van der Waals surface area contributed by atoms with E-state index in [2.05, 4.69) is 0 Å². The van der Waals surface area contributed by atoms with Gasteiger partial charge in [-0.3, -0.25) is 14.4 Å². The van der Waals surface area contributed by atoms with Gasteiger partial charge in [0.05, 0.1) is 5.92 Å². The number of esters is 1. The number of carbonyl (C=O) groups is 3. The van der Waals surface area contributed by atoms with E-state index in [9.17, 15) is 14.4 Å². The normalized spacial score (nSPS) is 18.5. The molecule has 0 spiro atoms. The molecule has 0 saturated carbocycles. The van der Waals surface area contributed by atoms with Crippen LogP contribution in [-0.2, 0) is 25.5 Å². The van der Waals surface area contributed by atoms with Crippen LogP contribution in [0, 0.1) is 12.8 Å². The Hall–Kier alpha value is -3.15. The van der Waals surface area contributed by atoms with Gasteiger partial charge in [-0.15, -0.1) is 0 Å². The van der Waals surface area contributed by atoms with E-state index in [0.29, 0.717) is 6.54 Å². The predicted molar refractivity (Wildman–Crippen MR) is 110 cm³/mol. The number of nitrogens with zero attached hydrogens (tertiary/aromatic N) is 2. The Labute approximate surface area is 170 Å². The maximum absolute atomic E-state index is 12.6. The van der Waals surface area contributed by atoms with Gasteiger partial charge in [0.2, 0.25) is 5.91 Å². The molecule has 6 heteroatoms. The van der Waals surface area contributed by atoms with Gasteiger partial charge in [-0.05, 0) is 43.5 Å². The number of anilines is 2. The van der Waals surface area contributed by atoms with Gasteiger partial charge in [-0.1, -0.05) is 35.9 Å². The number of carbonyl (C=O) groups excluding carboxylic acids is 3. The van der Waals surface area contributed by atoms with E-state index in [0.717, 1.165) is 35.3 Å². The SMILES string of the molecule is Cc1ccc(N2C[C@@H](C(=O)OCC(=O)N3CCCc4ccccc43)CC2=O)cc1. The number of hydrogen-bond donors (Lipinski definition) is 0. The molecule has 6 nitrogen and oxygen atoms in total. The molecule has 2 aromatic rings. The summed E-state index contributed by atoms with van der Waals surface area (Å²) < 4.78 is 5.30. The van der Waals surface area contributed by atoms with Crippen molar-refractivity contribution in [2.45, 2.75) is 26.2 Å². The second kappa shape index (κ2) is 8.07. The summed E-state index contributed by atoms with van der Waals surface area (Å²) >= 11 is 0. The fourth-order valence-electron chi connectivity index (χ4n) is 3.96. The Bertz CT molecular complexity index is 938. The number of para-hydroxylation sites is 1. The first-order valence-electron chi connectivity index (χ1n) is 9.95. The van der Waals surface area contributed by atoms with Crippen molar-refractivity contribution in [1.82, 2.24) is 0 Å². The standard InChI is InChI=1S/C23H24N2O4/c1-16-8-10-19(11-9-16)25-14-18(13-21(25)26)23(28)29-15-22(27)24-12-4-6-17-5-2-3-7-20(17)24/h2-3,5,7-11,18H,4,6,12-15H2,1H3/t18-/m0/s1. The zero-order valence-corrected chi connectivity index (χ0v) is 16.5. The van der Waals surface area contributed by atoms with Gasteiger partial charge < -0.3 is 14.5 Å². The minimum atomic E-state index is -0.551. The molecular weight excluding hydrogens is 368 g/mol. The maximum Gasteiger partial charge on any atom is 0.311 e. The molecular formula is C23H24N2O4. The number of hydrogen-bond acceptors (Lipinski definition) is 4. The first-order valence-corrected chi connectivity index (χ1v) is 9.95. The van der Waals surface area contributed by atoms with E-state index in [1.807, 2.05) is 55.5 Å². The molecule has 2 aliphatic rings. The van der Waals surface area contributed by atoms with E-state index in [1.54, 1.807) is 9.80 Å². The topological polar surface area (TPSA) is 66.9 Å². The third kappa shape index (κ3) is 4.01. The average Bonchev–Trinajstić information content (AvgIpc) is 3.13. The summed E-state index contributed by atoms with van der Waals surface area (Å²) in [4.78, 5) is 40.7. The molecule has 2 amide bonds. The van der Waals surface area contributed by atoms with Gasteiger partial charge in [0, 0.05) is 30.9 Å². The summed E-state index contributed by atoms with van der Waals surface area (Å²) in [5, 5.41) is 0. The molecule has 29 heavy (non-hydrogen) atoms. The summed E-state index contributed by atoms with van der Waals surface area (Å²) in [6.07, 6.45) is 1.94. The van der Waals surface area contributed by atoms with Crippen molar-refractivity contribution in [3.05, 3.63) is 59.7 Å². The predicted octanol–water partition coefficient (Wildman–Crippen LogP) is 2.87. The number of amides is 2. The van der Waals surface area contributed by atoms with Gasteiger partial charge in [0.25, 0.3) is 5.91 Å². The molecule has 2 aliphatic heterocycles. The Morgan fingerprint density at radius 3 is 2.66 bits per heavy atom. The van der Waals surface area contributed by atoms with Crippen LogP contribution in [0.15, 0.2) is 48.5 Å². The highest BCUT2D eigenvalue weighted by atomic mass is 16.5. The van der Waals surface area contributed by atoms with Crippen molar-refractivity contribution in [1.29, 1.82) is 0 Å². The number of aryl methyl sites for hydroxylation is 2. The van der Waals surface area contributed by atoms with Crippen molar-refractivity contribution < 1.29 is 19.1 Å². The Kier molecular flexibility index (Phi) is 5.34. The quantitative estimate of drug-likeness (QED) is 0.751. The Morgan fingerprint density at radius 2 is 1.86 bits per heavy atom. The fourth-order valence-corrected chi connectivity index (χ4v) is 3.96. The number of fused-ring (bicyclic) bond motifs is 1. The van der Waals surface area contributed by atoms with Crippen LogP contribution in [-0.4, -0.2) is 37.5 Å². The van der Waals surface area contributed by atoms with Crippen LogP contribution in [0.25, 0.3) is 0 Å². The second-order valence-electron chi connectivity index (χ2n) is 7.63. The lowest BCUT2D eigenvalue weighted by Gasteiger charge is -2.29. The number of benzene rings is 2. The van der Waals surface area contributed by atoms with Crippen LogP contribution in [0.4, 0.5) is 11.4 Å². The van der Waals surface area contributed by atoms with Crippen LogP contribution in [0.2, 0.25) is 0 Å². The van der Waals surface area contributed by atoms with Gasteiger partial charge in [-0.25, -0.2) is 0 Å². The largest absolute Gasteiger partial charge is 0.455 e. The molecule has 1 fully saturated rings. The van der Waals surface area contributed by atoms with Crippen molar-refractivity contribution in [2.24, 2.45) is 5.92 Å². The average molecular weight is 392 g/mol. The van der Waals surface area contributed by atoms with Crippen LogP contribution in [0.1, 0.15) is 24.0 Å². The molecule has 1 atom stereocenters. The highest BCUT2D eigenvalue weighted by molar-refractivity contribution is 6.00. The molecule has 150 valence electrons. The first-order chi connectivity index (χ1) is 14.0.